The second-order valence-corrected chi connectivity index (χ2v) is 4.15. The molecule has 0 bridgehead atoms. The molecule has 0 aliphatic carbocycles. The predicted octanol–water partition coefficient (Wildman–Crippen LogP) is 1.39. The first-order valence-electron chi connectivity index (χ1n) is 4.01. The Kier molecular flexibility index (Phi) is 2.16. The van der Waals surface area contributed by atoms with Gasteiger partial charge in [0.2, 0.25) is 0 Å². The molecule has 0 spiro atoms. The van der Waals surface area contributed by atoms with Crippen molar-refractivity contribution in [1.82, 2.24) is 10.1 Å². The van der Waals surface area contributed by atoms with Gasteiger partial charge in [-0.05, 0) is 18.1 Å². The smallest absolute Gasteiger partial charge is 0.377 e. The maximum atomic E-state index is 10.5. The molecule has 0 aliphatic rings. The third-order valence-corrected chi connectivity index (χ3v) is 2.61. The zero-order valence-electron chi connectivity index (χ0n) is 7.72. The Morgan fingerprint density at radius 3 is 2.87 bits per heavy atom. The van der Waals surface area contributed by atoms with E-state index in [9.17, 15) is 4.79 Å². The number of aromatic carboxylic acids is 1. The Morgan fingerprint density at radius 1 is 1.67 bits per heavy atom. The van der Waals surface area contributed by atoms with Gasteiger partial charge in [-0.15, -0.1) is 11.3 Å². The van der Waals surface area contributed by atoms with Gasteiger partial charge in [-0.3, -0.25) is 0 Å². The zero-order chi connectivity index (χ0) is 11.0. The van der Waals surface area contributed by atoms with E-state index in [1.165, 1.54) is 11.3 Å². The van der Waals surface area contributed by atoms with Gasteiger partial charge in [-0.2, -0.15) is 4.98 Å². The molecule has 0 aliphatic heterocycles. The summed E-state index contributed by atoms with van der Waals surface area (Å²) in [6.45, 7) is 1.89. The molecule has 2 aromatic heterocycles. The van der Waals surface area contributed by atoms with Crippen LogP contribution < -0.4 is 5.73 Å². The molecular formula is C8H7N3O3S. The number of thiophene rings is 1. The van der Waals surface area contributed by atoms with Crippen LogP contribution in [0.15, 0.2) is 10.6 Å². The molecular weight excluding hydrogens is 218 g/mol. The molecule has 2 rings (SSSR count). The molecule has 0 radical (unpaired) electrons. The van der Waals surface area contributed by atoms with Crippen molar-refractivity contribution in [1.29, 1.82) is 0 Å². The van der Waals surface area contributed by atoms with Gasteiger partial charge < -0.3 is 15.4 Å². The first kappa shape index (κ1) is 9.66. The molecule has 6 nitrogen and oxygen atoms in total. The Bertz CT molecular complexity index is 517. The van der Waals surface area contributed by atoms with Crippen molar-refractivity contribution in [2.24, 2.45) is 0 Å². The van der Waals surface area contributed by atoms with Crippen molar-refractivity contribution in [2.45, 2.75) is 6.92 Å². The number of rotatable bonds is 2. The highest BCUT2D eigenvalue weighted by atomic mass is 32.1. The summed E-state index contributed by atoms with van der Waals surface area (Å²) in [5.41, 5.74) is 6.28. The van der Waals surface area contributed by atoms with Crippen LogP contribution in [0.1, 0.15) is 15.5 Å². The van der Waals surface area contributed by atoms with Crippen LogP contribution in [0.4, 0.5) is 5.00 Å². The Labute approximate surface area is 88.3 Å². The Morgan fingerprint density at radius 2 is 2.40 bits per heavy atom. The summed E-state index contributed by atoms with van der Waals surface area (Å²) >= 11 is 1.38. The number of aromatic nitrogens is 2. The summed E-state index contributed by atoms with van der Waals surface area (Å²) in [7, 11) is 0. The van der Waals surface area contributed by atoms with E-state index in [0.29, 0.717) is 10.6 Å². The number of carboxylic acids is 1. The molecule has 0 saturated carbocycles. The van der Waals surface area contributed by atoms with Gasteiger partial charge >= 0.3 is 5.97 Å². The molecule has 7 heteroatoms. The van der Waals surface area contributed by atoms with Crippen LogP contribution in [0.25, 0.3) is 11.5 Å². The van der Waals surface area contributed by atoms with Crippen molar-refractivity contribution >= 4 is 22.3 Å². The van der Waals surface area contributed by atoms with E-state index >= 15 is 0 Å². The third-order valence-electron chi connectivity index (χ3n) is 1.73. The van der Waals surface area contributed by atoms with Crippen molar-refractivity contribution in [2.75, 3.05) is 5.73 Å². The van der Waals surface area contributed by atoms with E-state index in [2.05, 4.69) is 10.1 Å². The topological polar surface area (TPSA) is 102 Å². The maximum absolute atomic E-state index is 10.5. The normalized spacial score (nSPS) is 10.5. The van der Waals surface area contributed by atoms with E-state index < -0.39 is 5.97 Å². The maximum Gasteiger partial charge on any atom is 0.377 e. The molecule has 0 atom stereocenters. The molecule has 0 saturated heterocycles. The average molecular weight is 225 g/mol. The fourth-order valence-electron chi connectivity index (χ4n) is 1.12. The Hall–Kier alpha value is -1.89. The SMILES string of the molecule is Cc1cc(-c2nc(C(=O)O)no2)c(N)s1. The molecule has 0 aromatic carbocycles. The minimum Gasteiger partial charge on any atom is -0.475 e. The lowest BCUT2D eigenvalue weighted by Gasteiger charge is -1.88. The summed E-state index contributed by atoms with van der Waals surface area (Å²) < 4.78 is 4.79. The van der Waals surface area contributed by atoms with Crippen molar-refractivity contribution in [3.8, 4) is 11.5 Å². The summed E-state index contributed by atoms with van der Waals surface area (Å²) in [4.78, 5) is 15.2. The molecule has 3 N–H and O–H groups in total. The van der Waals surface area contributed by atoms with Gasteiger partial charge in [-0.1, -0.05) is 0 Å². The number of aryl methyl sites for hydroxylation is 1. The minimum absolute atomic E-state index is 0.134. The third kappa shape index (κ3) is 1.68. The van der Waals surface area contributed by atoms with Crippen LogP contribution >= 0.6 is 11.3 Å². The van der Waals surface area contributed by atoms with Crippen LogP contribution in [0.2, 0.25) is 0 Å². The second kappa shape index (κ2) is 3.35. The van der Waals surface area contributed by atoms with Gasteiger partial charge in [0, 0.05) is 4.88 Å². The number of anilines is 1. The lowest BCUT2D eigenvalue weighted by Crippen LogP contribution is -1.98. The quantitative estimate of drug-likeness (QED) is 0.800. The fourth-order valence-corrected chi connectivity index (χ4v) is 1.90. The largest absolute Gasteiger partial charge is 0.475 e. The van der Waals surface area contributed by atoms with Crippen molar-refractivity contribution in [3.05, 3.63) is 16.8 Å². The number of carboxylic acid groups (broad SMARTS) is 1. The molecule has 2 heterocycles. The minimum atomic E-state index is -1.23. The van der Waals surface area contributed by atoms with Gasteiger partial charge in [0.25, 0.3) is 11.7 Å². The predicted molar refractivity (Wildman–Crippen MR) is 53.7 cm³/mol. The standard InChI is InChI=1S/C8H7N3O3S/c1-3-2-4(5(9)15-3)7-10-6(8(12)13)11-14-7/h2H,9H2,1H3,(H,12,13). The highest BCUT2D eigenvalue weighted by Gasteiger charge is 2.17. The highest BCUT2D eigenvalue weighted by Crippen LogP contribution is 2.32. The molecule has 0 amide bonds. The fraction of sp³-hybridized carbons (Fsp3) is 0.125. The first-order chi connectivity index (χ1) is 7.08. The molecule has 2 aromatic rings. The number of nitrogens with two attached hydrogens (primary N) is 1. The number of nitrogen functional groups attached to an aromatic ring is 1. The lowest BCUT2D eigenvalue weighted by molar-refractivity contribution is 0.0680. The average Bonchev–Trinajstić information content (AvgIpc) is 2.71. The van der Waals surface area contributed by atoms with Crippen LogP contribution in [0, 0.1) is 6.92 Å². The molecule has 78 valence electrons. The Balaban J connectivity index is 2.45. The van der Waals surface area contributed by atoms with Gasteiger partial charge in [0.05, 0.1) is 10.6 Å². The first-order valence-corrected chi connectivity index (χ1v) is 4.83. The summed E-state index contributed by atoms with van der Waals surface area (Å²) in [5.74, 6) is -1.46. The van der Waals surface area contributed by atoms with Crippen molar-refractivity contribution in [3.63, 3.8) is 0 Å². The second-order valence-electron chi connectivity index (χ2n) is 2.86. The molecule has 0 unspecified atom stereocenters. The van der Waals surface area contributed by atoms with E-state index in [-0.39, 0.29) is 11.7 Å². The zero-order valence-corrected chi connectivity index (χ0v) is 8.54. The highest BCUT2D eigenvalue weighted by molar-refractivity contribution is 7.16. The lowest BCUT2D eigenvalue weighted by atomic mass is 10.3. The monoisotopic (exact) mass is 225 g/mol. The number of hydrogen-bond acceptors (Lipinski definition) is 6. The molecule has 0 fully saturated rings. The number of hydrogen-bond donors (Lipinski definition) is 2. The van der Waals surface area contributed by atoms with Gasteiger partial charge in [0.1, 0.15) is 0 Å². The van der Waals surface area contributed by atoms with Crippen molar-refractivity contribution < 1.29 is 14.4 Å². The molecule has 15 heavy (non-hydrogen) atoms. The van der Waals surface area contributed by atoms with E-state index in [0.717, 1.165) is 4.88 Å². The van der Waals surface area contributed by atoms with E-state index in [4.69, 9.17) is 15.4 Å². The van der Waals surface area contributed by atoms with Crippen LogP contribution in [0.5, 0.6) is 0 Å². The summed E-state index contributed by atoms with van der Waals surface area (Å²) in [5, 5.41) is 12.4. The van der Waals surface area contributed by atoms with Crippen LogP contribution in [0.3, 0.4) is 0 Å². The van der Waals surface area contributed by atoms with Crippen LogP contribution in [-0.2, 0) is 0 Å². The van der Waals surface area contributed by atoms with E-state index in [1.807, 2.05) is 6.92 Å². The van der Waals surface area contributed by atoms with E-state index in [1.54, 1.807) is 6.07 Å². The summed E-state index contributed by atoms with van der Waals surface area (Å²) in [6, 6.07) is 1.78. The van der Waals surface area contributed by atoms with Gasteiger partial charge in [-0.25, -0.2) is 4.79 Å². The van der Waals surface area contributed by atoms with Gasteiger partial charge in [0.15, 0.2) is 0 Å². The number of nitrogens with zero attached hydrogens (tertiary/aromatic N) is 2. The summed E-state index contributed by atoms with van der Waals surface area (Å²) in [6.07, 6.45) is 0. The number of carbonyl (C=O) groups is 1. The van der Waals surface area contributed by atoms with Crippen LogP contribution in [-0.4, -0.2) is 21.2 Å².